The highest BCUT2D eigenvalue weighted by Crippen LogP contribution is 2.11. The van der Waals surface area contributed by atoms with E-state index in [1.807, 2.05) is 30.6 Å². The molecule has 0 bridgehead atoms. The van der Waals surface area contributed by atoms with Gasteiger partial charge < -0.3 is 5.32 Å². The van der Waals surface area contributed by atoms with E-state index in [4.69, 9.17) is 0 Å². The van der Waals surface area contributed by atoms with Gasteiger partial charge in [-0.1, -0.05) is 30.3 Å². The van der Waals surface area contributed by atoms with Gasteiger partial charge in [0.05, 0.1) is 6.54 Å². The summed E-state index contributed by atoms with van der Waals surface area (Å²) in [5, 5.41) is 3.21. The van der Waals surface area contributed by atoms with Crippen molar-refractivity contribution in [3.8, 4) is 0 Å². The van der Waals surface area contributed by atoms with Crippen LogP contribution < -0.4 is 5.32 Å². The average molecular weight is 172 g/mol. The quantitative estimate of drug-likeness (QED) is 0.685. The molecule has 2 rings (SSSR count). The molecule has 0 spiro atoms. The summed E-state index contributed by atoms with van der Waals surface area (Å²) >= 11 is 0. The van der Waals surface area contributed by atoms with Crippen molar-refractivity contribution in [3.05, 3.63) is 42.1 Å². The van der Waals surface area contributed by atoms with Gasteiger partial charge >= 0.3 is 0 Å². The number of hydrogen-bond donors (Lipinski definition) is 1. The van der Waals surface area contributed by atoms with E-state index in [0.717, 1.165) is 18.7 Å². The van der Waals surface area contributed by atoms with E-state index in [2.05, 4.69) is 22.4 Å². The molecule has 1 N–H and O–H groups in total. The number of aliphatic imine (C=N–C) groups is 1. The highest BCUT2D eigenvalue weighted by molar-refractivity contribution is 6.09. The molecule has 0 atom stereocenters. The Morgan fingerprint density at radius 1 is 1.15 bits per heavy atom. The first-order valence-electron chi connectivity index (χ1n) is 4.45. The van der Waals surface area contributed by atoms with Crippen molar-refractivity contribution in [3.63, 3.8) is 0 Å². The van der Waals surface area contributed by atoms with Gasteiger partial charge in [-0.2, -0.15) is 0 Å². The first kappa shape index (κ1) is 8.05. The highest BCUT2D eigenvalue weighted by Gasteiger charge is 1.98. The minimum absolute atomic E-state index is 0.854. The monoisotopic (exact) mass is 172 g/mol. The summed E-state index contributed by atoms with van der Waals surface area (Å²) in [4.78, 5) is 4.27. The molecular formula is C11H12N2. The molecule has 13 heavy (non-hydrogen) atoms. The second-order valence-corrected chi connectivity index (χ2v) is 2.96. The van der Waals surface area contributed by atoms with Gasteiger partial charge in [0.1, 0.15) is 0 Å². The number of nitrogens with zero attached hydrogens (tertiary/aromatic N) is 1. The van der Waals surface area contributed by atoms with Crippen LogP contribution in [0.4, 0.5) is 0 Å². The van der Waals surface area contributed by atoms with Gasteiger partial charge in [0.15, 0.2) is 0 Å². The van der Waals surface area contributed by atoms with Crippen molar-refractivity contribution in [1.82, 2.24) is 5.32 Å². The third-order valence-corrected chi connectivity index (χ3v) is 1.98. The average Bonchev–Trinajstić information content (AvgIpc) is 2.47. The standard InChI is InChI=1S/C11H12N2/c1-2-4-10(5-3-1)11-8-12-6-7-13-9-11/h1-5,8-9,12H,6-7H2. The van der Waals surface area contributed by atoms with Crippen molar-refractivity contribution in [1.29, 1.82) is 0 Å². The summed E-state index contributed by atoms with van der Waals surface area (Å²) in [6.45, 7) is 1.78. The lowest BCUT2D eigenvalue weighted by molar-refractivity contribution is 0.854. The first-order valence-corrected chi connectivity index (χ1v) is 4.45. The molecule has 0 radical (unpaired) electrons. The molecule has 2 nitrogen and oxygen atoms in total. The van der Waals surface area contributed by atoms with E-state index < -0.39 is 0 Å². The minimum atomic E-state index is 0.854. The molecule has 0 aromatic heterocycles. The Morgan fingerprint density at radius 2 is 2.00 bits per heavy atom. The van der Waals surface area contributed by atoms with E-state index in [1.54, 1.807) is 0 Å². The molecule has 1 aromatic carbocycles. The Balaban J connectivity index is 2.29. The van der Waals surface area contributed by atoms with Gasteiger partial charge in [-0.25, -0.2) is 0 Å². The van der Waals surface area contributed by atoms with Crippen molar-refractivity contribution >= 4 is 11.8 Å². The molecule has 1 aromatic rings. The topological polar surface area (TPSA) is 24.4 Å². The lowest BCUT2D eigenvalue weighted by atomic mass is 10.1. The Morgan fingerprint density at radius 3 is 2.85 bits per heavy atom. The third-order valence-electron chi connectivity index (χ3n) is 1.98. The summed E-state index contributed by atoms with van der Waals surface area (Å²) in [5.41, 5.74) is 2.36. The van der Waals surface area contributed by atoms with E-state index in [0.29, 0.717) is 0 Å². The summed E-state index contributed by atoms with van der Waals surface area (Å²) in [7, 11) is 0. The maximum Gasteiger partial charge on any atom is 0.0562 e. The lowest BCUT2D eigenvalue weighted by Gasteiger charge is -1.99. The van der Waals surface area contributed by atoms with Gasteiger partial charge in [0.2, 0.25) is 0 Å². The van der Waals surface area contributed by atoms with Crippen LogP contribution in [0.25, 0.3) is 5.57 Å². The maximum absolute atomic E-state index is 4.27. The molecule has 0 unspecified atom stereocenters. The lowest BCUT2D eigenvalue weighted by Crippen LogP contribution is -2.08. The van der Waals surface area contributed by atoms with Crippen molar-refractivity contribution in [2.45, 2.75) is 0 Å². The normalized spacial score (nSPS) is 15.8. The van der Waals surface area contributed by atoms with E-state index in [9.17, 15) is 0 Å². The molecule has 1 heterocycles. The fourth-order valence-corrected chi connectivity index (χ4v) is 1.30. The van der Waals surface area contributed by atoms with Crippen molar-refractivity contribution in [2.24, 2.45) is 4.99 Å². The Hall–Kier alpha value is -1.57. The zero-order valence-electron chi connectivity index (χ0n) is 7.40. The first-order chi connectivity index (χ1) is 6.47. The summed E-state index contributed by atoms with van der Waals surface area (Å²) in [5.74, 6) is 0. The smallest absolute Gasteiger partial charge is 0.0562 e. The Labute approximate surface area is 78.0 Å². The molecule has 0 aliphatic carbocycles. The van der Waals surface area contributed by atoms with Crippen LogP contribution in [0.1, 0.15) is 5.56 Å². The number of nitrogens with one attached hydrogen (secondary N) is 1. The SMILES string of the molecule is C1=NCCNC=C1c1ccccc1. The molecule has 1 aliphatic rings. The van der Waals surface area contributed by atoms with Crippen LogP contribution in [0.5, 0.6) is 0 Å². The predicted octanol–water partition coefficient (Wildman–Crippen LogP) is 1.70. The fraction of sp³-hybridized carbons (Fsp3) is 0.182. The predicted molar refractivity (Wildman–Crippen MR) is 55.8 cm³/mol. The van der Waals surface area contributed by atoms with Crippen LogP contribution in [0.3, 0.4) is 0 Å². The third kappa shape index (κ3) is 1.96. The zero-order chi connectivity index (χ0) is 8.93. The summed E-state index contributed by atoms with van der Waals surface area (Å²) in [6.07, 6.45) is 3.95. The van der Waals surface area contributed by atoms with Crippen LogP contribution in [-0.4, -0.2) is 19.3 Å². The number of benzene rings is 1. The van der Waals surface area contributed by atoms with Gasteiger partial charge in [-0.3, -0.25) is 4.99 Å². The van der Waals surface area contributed by atoms with Crippen molar-refractivity contribution < 1.29 is 0 Å². The second-order valence-electron chi connectivity index (χ2n) is 2.96. The molecular weight excluding hydrogens is 160 g/mol. The Bertz CT molecular complexity index is 325. The van der Waals surface area contributed by atoms with E-state index >= 15 is 0 Å². The number of allylic oxidation sites excluding steroid dienone is 1. The molecule has 2 heteroatoms. The van der Waals surface area contributed by atoms with Gasteiger partial charge in [0.25, 0.3) is 0 Å². The van der Waals surface area contributed by atoms with Crippen LogP contribution in [0.2, 0.25) is 0 Å². The van der Waals surface area contributed by atoms with Gasteiger partial charge in [0, 0.05) is 24.5 Å². The highest BCUT2D eigenvalue weighted by atomic mass is 14.9. The van der Waals surface area contributed by atoms with E-state index in [1.165, 1.54) is 5.56 Å². The largest absolute Gasteiger partial charge is 0.388 e. The minimum Gasteiger partial charge on any atom is -0.388 e. The van der Waals surface area contributed by atoms with Crippen LogP contribution in [-0.2, 0) is 0 Å². The molecule has 1 aliphatic heterocycles. The van der Waals surface area contributed by atoms with Gasteiger partial charge in [-0.15, -0.1) is 0 Å². The van der Waals surface area contributed by atoms with Crippen LogP contribution >= 0.6 is 0 Å². The number of rotatable bonds is 1. The van der Waals surface area contributed by atoms with Gasteiger partial charge in [-0.05, 0) is 5.56 Å². The zero-order valence-corrected chi connectivity index (χ0v) is 7.40. The van der Waals surface area contributed by atoms with Crippen molar-refractivity contribution in [2.75, 3.05) is 13.1 Å². The number of hydrogen-bond acceptors (Lipinski definition) is 2. The van der Waals surface area contributed by atoms with E-state index in [-0.39, 0.29) is 0 Å². The summed E-state index contributed by atoms with van der Waals surface area (Å²) < 4.78 is 0. The fourth-order valence-electron chi connectivity index (χ4n) is 1.30. The summed E-state index contributed by atoms with van der Waals surface area (Å²) in [6, 6.07) is 10.3. The molecule has 0 fully saturated rings. The molecule has 0 saturated heterocycles. The molecule has 0 saturated carbocycles. The Kier molecular flexibility index (Phi) is 2.41. The second kappa shape index (κ2) is 3.90. The maximum atomic E-state index is 4.27. The molecule has 0 amide bonds. The van der Waals surface area contributed by atoms with Crippen LogP contribution in [0.15, 0.2) is 41.5 Å². The molecule has 66 valence electrons. The van der Waals surface area contributed by atoms with Crippen LogP contribution in [0, 0.1) is 0 Å².